The van der Waals surface area contributed by atoms with E-state index in [-0.39, 0.29) is 5.92 Å². The number of morpholine rings is 1. The summed E-state index contributed by atoms with van der Waals surface area (Å²) < 4.78 is 5.28. The molecule has 1 aliphatic rings. The van der Waals surface area contributed by atoms with Crippen LogP contribution in [-0.2, 0) is 4.74 Å². The average molecular weight is 222 g/mol. The van der Waals surface area contributed by atoms with Gasteiger partial charge in [-0.2, -0.15) is 5.26 Å². The monoisotopic (exact) mass is 222 g/mol. The Balaban J connectivity index is 1.94. The standard InChI is InChI=1S/C11H14N2OS/c12-8-10(11-2-1-7-15-11)9-13-3-5-14-6-4-13/h1-2,7,10H,3-6,9H2. The molecule has 2 heterocycles. The highest BCUT2D eigenvalue weighted by Crippen LogP contribution is 2.21. The summed E-state index contributed by atoms with van der Waals surface area (Å²) in [5.74, 6) is 0.0168. The molecule has 1 saturated heterocycles. The molecule has 0 saturated carbocycles. The van der Waals surface area contributed by atoms with E-state index in [0.29, 0.717) is 0 Å². The van der Waals surface area contributed by atoms with Crippen molar-refractivity contribution in [2.24, 2.45) is 0 Å². The molecule has 0 aliphatic carbocycles. The van der Waals surface area contributed by atoms with E-state index in [4.69, 9.17) is 10.00 Å². The molecule has 3 nitrogen and oxygen atoms in total. The molecule has 0 amide bonds. The van der Waals surface area contributed by atoms with Crippen molar-refractivity contribution in [1.29, 1.82) is 5.26 Å². The Hall–Kier alpha value is -0.890. The van der Waals surface area contributed by atoms with Crippen molar-refractivity contribution in [1.82, 2.24) is 4.90 Å². The molecule has 1 aromatic heterocycles. The molecule has 1 fully saturated rings. The molecule has 1 aliphatic heterocycles. The molecule has 1 atom stereocenters. The zero-order valence-electron chi connectivity index (χ0n) is 8.56. The molecule has 15 heavy (non-hydrogen) atoms. The molecule has 0 aromatic carbocycles. The normalized spacial score (nSPS) is 19.7. The lowest BCUT2D eigenvalue weighted by Crippen LogP contribution is -2.38. The minimum Gasteiger partial charge on any atom is -0.379 e. The second kappa shape index (κ2) is 5.26. The summed E-state index contributed by atoms with van der Waals surface area (Å²) in [6.07, 6.45) is 0. The fourth-order valence-electron chi connectivity index (χ4n) is 1.73. The molecule has 1 aromatic rings. The van der Waals surface area contributed by atoms with Crippen LogP contribution < -0.4 is 0 Å². The maximum Gasteiger partial charge on any atom is 0.0932 e. The predicted molar refractivity (Wildman–Crippen MR) is 59.9 cm³/mol. The molecule has 1 unspecified atom stereocenters. The second-order valence-electron chi connectivity index (χ2n) is 3.61. The van der Waals surface area contributed by atoms with E-state index in [2.05, 4.69) is 11.0 Å². The third kappa shape index (κ3) is 2.78. The van der Waals surface area contributed by atoms with E-state index >= 15 is 0 Å². The minimum atomic E-state index is 0.0168. The maximum atomic E-state index is 9.13. The van der Waals surface area contributed by atoms with Gasteiger partial charge < -0.3 is 4.74 Å². The summed E-state index contributed by atoms with van der Waals surface area (Å²) >= 11 is 1.66. The zero-order valence-corrected chi connectivity index (χ0v) is 9.37. The molecular weight excluding hydrogens is 208 g/mol. The largest absolute Gasteiger partial charge is 0.379 e. The Morgan fingerprint density at radius 2 is 2.33 bits per heavy atom. The van der Waals surface area contributed by atoms with Crippen LogP contribution in [0.25, 0.3) is 0 Å². The number of ether oxygens (including phenoxy) is 1. The first-order valence-corrected chi connectivity index (χ1v) is 6.01. The first kappa shape index (κ1) is 10.6. The van der Waals surface area contributed by atoms with Gasteiger partial charge in [0.1, 0.15) is 0 Å². The van der Waals surface area contributed by atoms with E-state index in [1.54, 1.807) is 11.3 Å². The highest BCUT2D eigenvalue weighted by Gasteiger charge is 2.18. The van der Waals surface area contributed by atoms with Crippen LogP contribution >= 0.6 is 11.3 Å². The number of thiophene rings is 1. The van der Waals surface area contributed by atoms with Gasteiger partial charge in [-0.05, 0) is 11.4 Å². The topological polar surface area (TPSA) is 36.3 Å². The number of hydrogen-bond donors (Lipinski definition) is 0. The van der Waals surface area contributed by atoms with Gasteiger partial charge in [0.15, 0.2) is 0 Å². The zero-order chi connectivity index (χ0) is 10.5. The fraction of sp³-hybridized carbons (Fsp3) is 0.545. The summed E-state index contributed by atoms with van der Waals surface area (Å²) in [5, 5.41) is 11.2. The smallest absolute Gasteiger partial charge is 0.0932 e. The molecule has 0 N–H and O–H groups in total. The Morgan fingerprint density at radius 3 is 2.93 bits per heavy atom. The van der Waals surface area contributed by atoms with Crippen LogP contribution in [0.4, 0.5) is 0 Å². The highest BCUT2D eigenvalue weighted by atomic mass is 32.1. The highest BCUT2D eigenvalue weighted by molar-refractivity contribution is 7.10. The van der Waals surface area contributed by atoms with Crippen molar-refractivity contribution in [3.63, 3.8) is 0 Å². The summed E-state index contributed by atoms with van der Waals surface area (Å²) in [6, 6.07) is 6.42. The second-order valence-corrected chi connectivity index (χ2v) is 4.59. The quantitative estimate of drug-likeness (QED) is 0.781. The lowest BCUT2D eigenvalue weighted by Gasteiger charge is -2.27. The van der Waals surface area contributed by atoms with Crippen LogP contribution in [0.3, 0.4) is 0 Å². The van der Waals surface area contributed by atoms with Crippen LogP contribution in [0.1, 0.15) is 10.8 Å². The van der Waals surface area contributed by atoms with Gasteiger partial charge in [0.25, 0.3) is 0 Å². The molecule has 80 valence electrons. The third-order valence-electron chi connectivity index (χ3n) is 2.59. The minimum absolute atomic E-state index is 0.0168. The van der Waals surface area contributed by atoms with Crippen LogP contribution in [-0.4, -0.2) is 37.7 Å². The Kier molecular flexibility index (Phi) is 3.73. The van der Waals surface area contributed by atoms with E-state index in [1.165, 1.54) is 4.88 Å². The SMILES string of the molecule is N#CC(CN1CCOCC1)c1cccs1. The summed E-state index contributed by atoms with van der Waals surface area (Å²) in [7, 11) is 0. The summed E-state index contributed by atoms with van der Waals surface area (Å²) in [4.78, 5) is 3.47. The van der Waals surface area contributed by atoms with E-state index in [9.17, 15) is 0 Å². The van der Waals surface area contributed by atoms with Gasteiger partial charge in [-0.15, -0.1) is 11.3 Å². The molecule has 0 bridgehead atoms. The van der Waals surface area contributed by atoms with Crippen molar-refractivity contribution < 1.29 is 4.74 Å². The van der Waals surface area contributed by atoms with Crippen molar-refractivity contribution in [3.8, 4) is 6.07 Å². The van der Waals surface area contributed by atoms with Crippen molar-refractivity contribution in [3.05, 3.63) is 22.4 Å². The van der Waals surface area contributed by atoms with E-state index in [1.807, 2.05) is 17.5 Å². The Bertz CT molecular complexity index is 325. The summed E-state index contributed by atoms with van der Waals surface area (Å²) in [6.45, 7) is 4.32. The molecular formula is C11H14N2OS. The van der Waals surface area contributed by atoms with E-state index in [0.717, 1.165) is 32.8 Å². The van der Waals surface area contributed by atoms with Gasteiger partial charge in [0.2, 0.25) is 0 Å². The Morgan fingerprint density at radius 1 is 1.53 bits per heavy atom. The maximum absolute atomic E-state index is 9.13. The molecule has 2 rings (SSSR count). The van der Waals surface area contributed by atoms with Crippen molar-refractivity contribution in [2.75, 3.05) is 32.8 Å². The lowest BCUT2D eigenvalue weighted by molar-refractivity contribution is 0.0371. The summed E-state index contributed by atoms with van der Waals surface area (Å²) in [5.41, 5.74) is 0. The number of nitriles is 1. The third-order valence-corrected chi connectivity index (χ3v) is 3.57. The first-order valence-electron chi connectivity index (χ1n) is 5.13. The van der Waals surface area contributed by atoms with Crippen molar-refractivity contribution in [2.45, 2.75) is 5.92 Å². The van der Waals surface area contributed by atoms with Crippen LogP contribution in [0, 0.1) is 11.3 Å². The van der Waals surface area contributed by atoms with Crippen LogP contribution in [0.15, 0.2) is 17.5 Å². The molecule has 0 spiro atoms. The van der Waals surface area contributed by atoms with Gasteiger partial charge in [-0.1, -0.05) is 6.07 Å². The van der Waals surface area contributed by atoms with E-state index < -0.39 is 0 Å². The van der Waals surface area contributed by atoms with Crippen molar-refractivity contribution >= 4 is 11.3 Å². The van der Waals surface area contributed by atoms with Gasteiger partial charge in [-0.3, -0.25) is 4.90 Å². The Labute approximate surface area is 93.9 Å². The van der Waals surface area contributed by atoms with Gasteiger partial charge in [0, 0.05) is 24.5 Å². The number of nitrogens with zero attached hydrogens (tertiary/aromatic N) is 2. The fourth-order valence-corrected chi connectivity index (χ4v) is 2.49. The van der Waals surface area contributed by atoms with Gasteiger partial charge >= 0.3 is 0 Å². The lowest BCUT2D eigenvalue weighted by atomic mass is 10.1. The molecule has 4 heteroatoms. The first-order chi connectivity index (χ1) is 7.40. The number of rotatable bonds is 3. The molecule has 0 radical (unpaired) electrons. The average Bonchev–Trinajstić information content (AvgIpc) is 2.81. The van der Waals surface area contributed by atoms with Crippen LogP contribution in [0.2, 0.25) is 0 Å². The van der Waals surface area contributed by atoms with Gasteiger partial charge in [0.05, 0.1) is 25.2 Å². The number of hydrogen-bond acceptors (Lipinski definition) is 4. The van der Waals surface area contributed by atoms with Gasteiger partial charge in [-0.25, -0.2) is 0 Å². The predicted octanol–water partition coefficient (Wildman–Crippen LogP) is 1.69. The van der Waals surface area contributed by atoms with Crippen LogP contribution in [0.5, 0.6) is 0 Å².